The van der Waals surface area contributed by atoms with Gasteiger partial charge in [0.05, 0.1) is 39.0 Å². The van der Waals surface area contributed by atoms with Crippen LogP contribution in [0.2, 0.25) is 0 Å². The molecule has 0 aromatic carbocycles. The average Bonchev–Trinajstić information content (AvgIpc) is 2.77. The van der Waals surface area contributed by atoms with E-state index in [1.54, 1.807) is 7.11 Å². The third-order valence-corrected chi connectivity index (χ3v) is 2.18. The van der Waals surface area contributed by atoms with E-state index in [1.807, 2.05) is 0 Å². The molecule has 1 N–H and O–H groups in total. The summed E-state index contributed by atoms with van der Waals surface area (Å²) >= 11 is 0. The number of nitrogens with zero attached hydrogens (tertiary/aromatic N) is 2. The van der Waals surface area contributed by atoms with E-state index in [0.29, 0.717) is 44.4 Å². The van der Waals surface area contributed by atoms with Crippen LogP contribution in [-0.2, 0) is 27.1 Å². The lowest BCUT2D eigenvalue weighted by Gasteiger charge is -2.04. The molecule has 0 saturated carbocycles. The Balaban J connectivity index is 2.21. The molecule has 0 bridgehead atoms. The van der Waals surface area contributed by atoms with E-state index >= 15 is 0 Å². The van der Waals surface area contributed by atoms with Crippen molar-refractivity contribution in [1.82, 2.24) is 10.1 Å². The van der Waals surface area contributed by atoms with Crippen molar-refractivity contribution in [3.63, 3.8) is 0 Å². The first-order chi connectivity index (χ1) is 8.76. The molecule has 0 fully saturated rings. The minimum atomic E-state index is -0.624. The summed E-state index contributed by atoms with van der Waals surface area (Å²) in [5.41, 5.74) is 0. The molecule has 1 heterocycles. The Bertz CT molecular complexity index is 318. The first kappa shape index (κ1) is 15.0. The largest absolute Gasteiger partial charge is 0.390 e. The molecule has 0 aliphatic heterocycles. The summed E-state index contributed by atoms with van der Waals surface area (Å²) in [6, 6.07) is 0. The Morgan fingerprint density at radius 3 is 2.78 bits per heavy atom. The molecule has 18 heavy (non-hydrogen) atoms. The molecule has 0 saturated heterocycles. The number of aliphatic hydroxyl groups is 1. The van der Waals surface area contributed by atoms with Crippen LogP contribution in [0.25, 0.3) is 0 Å². The minimum absolute atomic E-state index is 0.248. The minimum Gasteiger partial charge on any atom is -0.390 e. The van der Waals surface area contributed by atoms with Crippen molar-refractivity contribution in [2.24, 2.45) is 0 Å². The SMILES string of the molecule is COCCOCCc1noc(CC(O)COC)n1. The predicted molar refractivity (Wildman–Crippen MR) is 62.3 cm³/mol. The van der Waals surface area contributed by atoms with E-state index in [9.17, 15) is 5.11 Å². The molecule has 0 amide bonds. The maximum absolute atomic E-state index is 9.49. The van der Waals surface area contributed by atoms with E-state index in [1.165, 1.54) is 7.11 Å². The first-order valence-corrected chi connectivity index (χ1v) is 5.81. The fraction of sp³-hybridized carbons (Fsp3) is 0.818. The van der Waals surface area contributed by atoms with Gasteiger partial charge < -0.3 is 23.8 Å². The Labute approximate surface area is 106 Å². The highest BCUT2D eigenvalue weighted by atomic mass is 16.5. The average molecular weight is 260 g/mol. The van der Waals surface area contributed by atoms with Gasteiger partial charge in [0.1, 0.15) is 0 Å². The second-order valence-corrected chi connectivity index (χ2v) is 3.77. The highest BCUT2D eigenvalue weighted by molar-refractivity contribution is 4.88. The zero-order valence-electron chi connectivity index (χ0n) is 10.8. The number of hydrogen-bond acceptors (Lipinski definition) is 7. The van der Waals surface area contributed by atoms with Gasteiger partial charge in [0.25, 0.3) is 0 Å². The second kappa shape index (κ2) is 8.98. The fourth-order valence-electron chi connectivity index (χ4n) is 1.34. The van der Waals surface area contributed by atoms with Crippen molar-refractivity contribution in [1.29, 1.82) is 0 Å². The zero-order valence-corrected chi connectivity index (χ0v) is 10.8. The third-order valence-electron chi connectivity index (χ3n) is 2.18. The van der Waals surface area contributed by atoms with Crippen LogP contribution in [0.15, 0.2) is 4.52 Å². The number of ether oxygens (including phenoxy) is 3. The number of rotatable bonds is 10. The van der Waals surface area contributed by atoms with Gasteiger partial charge in [-0.2, -0.15) is 4.98 Å². The molecule has 1 rings (SSSR count). The van der Waals surface area contributed by atoms with Gasteiger partial charge in [-0.05, 0) is 0 Å². The summed E-state index contributed by atoms with van der Waals surface area (Å²) in [6.45, 7) is 1.88. The van der Waals surface area contributed by atoms with E-state index < -0.39 is 6.10 Å². The van der Waals surface area contributed by atoms with E-state index in [4.69, 9.17) is 18.7 Å². The van der Waals surface area contributed by atoms with Crippen molar-refractivity contribution in [2.45, 2.75) is 18.9 Å². The van der Waals surface area contributed by atoms with Gasteiger partial charge in [-0.25, -0.2) is 0 Å². The van der Waals surface area contributed by atoms with Crippen LogP contribution < -0.4 is 0 Å². The Morgan fingerprint density at radius 1 is 1.22 bits per heavy atom. The van der Waals surface area contributed by atoms with Crippen molar-refractivity contribution in [3.05, 3.63) is 11.7 Å². The van der Waals surface area contributed by atoms with Crippen LogP contribution in [0.3, 0.4) is 0 Å². The van der Waals surface area contributed by atoms with Gasteiger partial charge in [0.15, 0.2) is 5.82 Å². The molecule has 0 aliphatic carbocycles. The highest BCUT2D eigenvalue weighted by Crippen LogP contribution is 2.02. The van der Waals surface area contributed by atoms with Crippen LogP contribution in [0.1, 0.15) is 11.7 Å². The highest BCUT2D eigenvalue weighted by Gasteiger charge is 2.11. The van der Waals surface area contributed by atoms with Crippen LogP contribution >= 0.6 is 0 Å². The molecule has 7 heteroatoms. The quantitative estimate of drug-likeness (QED) is 0.584. The lowest BCUT2D eigenvalue weighted by molar-refractivity contribution is 0.0599. The van der Waals surface area contributed by atoms with Crippen LogP contribution in [0.4, 0.5) is 0 Å². The molecule has 1 atom stereocenters. The molecule has 1 aromatic rings. The molecule has 104 valence electrons. The third kappa shape index (κ3) is 6.06. The monoisotopic (exact) mass is 260 g/mol. The van der Waals surface area contributed by atoms with Gasteiger partial charge >= 0.3 is 0 Å². The van der Waals surface area contributed by atoms with Crippen LogP contribution in [0, 0.1) is 0 Å². The van der Waals surface area contributed by atoms with Gasteiger partial charge in [-0.1, -0.05) is 5.16 Å². The molecule has 7 nitrogen and oxygen atoms in total. The normalized spacial score (nSPS) is 12.8. The molecule has 1 aromatic heterocycles. The number of aliphatic hydroxyl groups excluding tert-OH is 1. The summed E-state index contributed by atoms with van der Waals surface area (Å²) in [5.74, 6) is 0.985. The van der Waals surface area contributed by atoms with Gasteiger partial charge in [0, 0.05) is 20.6 Å². The topological polar surface area (TPSA) is 86.8 Å². The first-order valence-electron chi connectivity index (χ1n) is 5.81. The summed E-state index contributed by atoms with van der Waals surface area (Å²) in [7, 11) is 3.15. The van der Waals surface area contributed by atoms with Crippen molar-refractivity contribution in [2.75, 3.05) is 40.6 Å². The summed E-state index contributed by atoms with van der Waals surface area (Å²) in [5, 5.41) is 13.3. The van der Waals surface area contributed by atoms with Crippen LogP contribution in [-0.4, -0.2) is 62.0 Å². The predicted octanol–water partition coefficient (Wildman–Crippen LogP) is -0.175. The van der Waals surface area contributed by atoms with E-state index in [-0.39, 0.29) is 6.61 Å². The van der Waals surface area contributed by atoms with Crippen LogP contribution in [0.5, 0.6) is 0 Å². The smallest absolute Gasteiger partial charge is 0.229 e. The fourth-order valence-corrected chi connectivity index (χ4v) is 1.34. The maximum Gasteiger partial charge on any atom is 0.229 e. The summed E-state index contributed by atoms with van der Waals surface area (Å²) in [4.78, 5) is 4.15. The number of methoxy groups -OCH3 is 2. The molecular weight excluding hydrogens is 240 g/mol. The lowest BCUT2D eigenvalue weighted by Crippen LogP contribution is -2.17. The number of hydrogen-bond donors (Lipinski definition) is 1. The molecule has 1 unspecified atom stereocenters. The maximum atomic E-state index is 9.49. The molecular formula is C11H20N2O5. The summed E-state index contributed by atoms with van der Waals surface area (Å²) < 4.78 is 20.0. The lowest BCUT2D eigenvalue weighted by atomic mass is 10.3. The molecule has 0 radical (unpaired) electrons. The second-order valence-electron chi connectivity index (χ2n) is 3.77. The van der Waals surface area contributed by atoms with Crippen molar-refractivity contribution >= 4 is 0 Å². The van der Waals surface area contributed by atoms with Gasteiger partial charge in [-0.15, -0.1) is 0 Å². The standard InChI is InChI=1S/C11H20N2O5/c1-15-5-6-17-4-3-10-12-11(18-13-10)7-9(14)8-16-2/h9,14H,3-8H2,1-2H3. The van der Waals surface area contributed by atoms with E-state index in [0.717, 1.165) is 0 Å². The van der Waals surface area contributed by atoms with Gasteiger partial charge in [0.2, 0.25) is 5.89 Å². The summed E-state index contributed by atoms with van der Waals surface area (Å²) in [6.07, 6.45) is 0.250. The van der Waals surface area contributed by atoms with Crippen molar-refractivity contribution < 1.29 is 23.8 Å². The Morgan fingerprint density at radius 2 is 2.06 bits per heavy atom. The Hall–Kier alpha value is -1.02. The Kier molecular flexibility index (Phi) is 7.51. The van der Waals surface area contributed by atoms with E-state index in [2.05, 4.69) is 10.1 Å². The van der Waals surface area contributed by atoms with Crippen molar-refractivity contribution in [3.8, 4) is 0 Å². The molecule has 0 aliphatic rings. The molecule has 0 spiro atoms. The number of aromatic nitrogens is 2. The zero-order chi connectivity index (χ0) is 13.2. The van der Waals surface area contributed by atoms with Gasteiger partial charge in [-0.3, -0.25) is 0 Å².